The summed E-state index contributed by atoms with van der Waals surface area (Å²) in [6.45, 7) is 3.67. The van der Waals surface area contributed by atoms with Crippen molar-refractivity contribution < 1.29 is 13.9 Å². The Kier molecular flexibility index (Phi) is 3.05. The van der Waals surface area contributed by atoms with E-state index in [-0.39, 0.29) is 0 Å². The molecule has 1 aromatic heterocycles. The first-order chi connectivity index (χ1) is 10.4. The Balaban J connectivity index is 2.16. The highest BCUT2D eigenvalue weighted by molar-refractivity contribution is 5.89. The van der Waals surface area contributed by atoms with E-state index in [2.05, 4.69) is 10.9 Å². The predicted molar refractivity (Wildman–Crippen MR) is 81.0 cm³/mol. The van der Waals surface area contributed by atoms with Gasteiger partial charge >= 0.3 is 11.7 Å². The molecule has 1 aromatic carbocycles. The van der Waals surface area contributed by atoms with Crippen LogP contribution in [0.2, 0.25) is 0 Å². The van der Waals surface area contributed by atoms with Gasteiger partial charge in [0.1, 0.15) is 16.9 Å². The SMILES string of the molecule is CC1(C)Oc2ccc3ccc(=O)oc3c2C=C1NNC(N)=O. The number of hydrazine groups is 1. The van der Waals surface area contributed by atoms with Crippen molar-refractivity contribution in [1.82, 2.24) is 10.9 Å². The van der Waals surface area contributed by atoms with Crippen molar-refractivity contribution in [3.8, 4) is 5.75 Å². The van der Waals surface area contributed by atoms with E-state index in [0.29, 0.717) is 22.6 Å². The van der Waals surface area contributed by atoms with Crippen LogP contribution in [0, 0.1) is 0 Å². The molecule has 0 spiro atoms. The lowest BCUT2D eigenvalue weighted by Gasteiger charge is -2.34. The molecule has 0 bridgehead atoms. The van der Waals surface area contributed by atoms with Crippen molar-refractivity contribution in [3.05, 3.63) is 45.9 Å². The fraction of sp³-hybridized carbons (Fsp3) is 0.200. The first-order valence-corrected chi connectivity index (χ1v) is 6.66. The molecule has 3 rings (SSSR count). The minimum atomic E-state index is -0.716. The summed E-state index contributed by atoms with van der Waals surface area (Å²) in [7, 11) is 0. The molecule has 0 saturated heterocycles. The van der Waals surface area contributed by atoms with Gasteiger partial charge in [-0.1, -0.05) is 0 Å². The number of rotatable bonds is 2. The number of amides is 2. The van der Waals surface area contributed by atoms with Crippen LogP contribution in [0.4, 0.5) is 4.79 Å². The molecule has 2 amide bonds. The summed E-state index contributed by atoms with van der Waals surface area (Å²) in [6.07, 6.45) is 1.76. The number of carbonyl (C=O) groups is 1. The number of nitrogens with one attached hydrogen (secondary N) is 2. The van der Waals surface area contributed by atoms with Gasteiger partial charge in [-0.05, 0) is 38.1 Å². The third-order valence-electron chi connectivity index (χ3n) is 3.41. The van der Waals surface area contributed by atoms with Crippen LogP contribution in [0.3, 0.4) is 0 Å². The summed E-state index contributed by atoms with van der Waals surface area (Å²) in [5.74, 6) is 0.594. The molecule has 0 fully saturated rings. The summed E-state index contributed by atoms with van der Waals surface area (Å²) in [5.41, 5.74) is 10.6. The van der Waals surface area contributed by atoms with Gasteiger partial charge in [-0.25, -0.2) is 9.59 Å². The predicted octanol–water partition coefficient (Wildman–Crippen LogP) is 1.48. The monoisotopic (exact) mass is 301 g/mol. The summed E-state index contributed by atoms with van der Waals surface area (Å²) < 4.78 is 11.2. The Bertz CT molecular complexity index is 851. The quantitative estimate of drug-likeness (QED) is 0.575. The molecule has 1 aliphatic heterocycles. The molecule has 7 nitrogen and oxygen atoms in total. The summed E-state index contributed by atoms with van der Waals surface area (Å²) in [4.78, 5) is 22.4. The number of ether oxygens (including phenoxy) is 1. The molecule has 4 N–H and O–H groups in total. The number of primary amides is 1. The second-order valence-electron chi connectivity index (χ2n) is 5.43. The van der Waals surface area contributed by atoms with Gasteiger partial charge in [0.25, 0.3) is 0 Å². The number of fused-ring (bicyclic) bond motifs is 3. The van der Waals surface area contributed by atoms with Gasteiger partial charge in [-0.3, -0.25) is 10.9 Å². The van der Waals surface area contributed by atoms with Gasteiger partial charge in [0, 0.05) is 11.5 Å². The number of hydrogen-bond acceptors (Lipinski definition) is 5. The molecular formula is C15H15N3O4. The molecule has 0 radical (unpaired) electrons. The second kappa shape index (κ2) is 4.80. The van der Waals surface area contributed by atoms with E-state index in [9.17, 15) is 9.59 Å². The van der Waals surface area contributed by atoms with Gasteiger partial charge in [0.15, 0.2) is 0 Å². The highest BCUT2D eigenvalue weighted by atomic mass is 16.5. The maximum Gasteiger partial charge on any atom is 0.336 e. The zero-order valence-electron chi connectivity index (χ0n) is 12.1. The van der Waals surface area contributed by atoms with E-state index in [0.717, 1.165) is 5.39 Å². The highest BCUT2D eigenvalue weighted by Gasteiger charge is 2.32. The average molecular weight is 301 g/mol. The van der Waals surface area contributed by atoms with E-state index in [1.807, 2.05) is 26.0 Å². The Morgan fingerprint density at radius 2 is 1.95 bits per heavy atom. The van der Waals surface area contributed by atoms with Crippen LogP contribution < -0.4 is 26.9 Å². The van der Waals surface area contributed by atoms with Crippen molar-refractivity contribution in [3.63, 3.8) is 0 Å². The highest BCUT2D eigenvalue weighted by Crippen LogP contribution is 2.37. The molecule has 22 heavy (non-hydrogen) atoms. The number of nitrogens with two attached hydrogens (primary N) is 1. The van der Waals surface area contributed by atoms with Crippen molar-refractivity contribution in [2.24, 2.45) is 5.73 Å². The van der Waals surface area contributed by atoms with Crippen molar-refractivity contribution in [2.45, 2.75) is 19.4 Å². The minimum Gasteiger partial charge on any atom is -0.481 e. The molecule has 0 atom stereocenters. The Labute approximate surface area is 125 Å². The second-order valence-corrected chi connectivity index (χ2v) is 5.43. The summed E-state index contributed by atoms with van der Waals surface area (Å²) >= 11 is 0. The zero-order chi connectivity index (χ0) is 15.9. The topological polar surface area (TPSA) is 107 Å². The molecule has 2 heterocycles. The normalized spacial score (nSPS) is 15.5. The lowest BCUT2D eigenvalue weighted by Crippen LogP contribution is -2.48. The smallest absolute Gasteiger partial charge is 0.336 e. The van der Waals surface area contributed by atoms with Gasteiger partial charge in [0.05, 0.1) is 11.3 Å². The van der Waals surface area contributed by atoms with Crippen molar-refractivity contribution in [1.29, 1.82) is 0 Å². The maximum absolute atomic E-state index is 11.5. The molecule has 7 heteroatoms. The number of benzene rings is 1. The molecule has 1 aliphatic rings. The van der Waals surface area contributed by atoms with Gasteiger partial charge in [-0.15, -0.1) is 0 Å². The fourth-order valence-corrected chi connectivity index (χ4v) is 2.33. The first-order valence-electron chi connectivity index (χ1n) is 6.66. The average Bonchev–Trinajstić information content (AvgIpc) is 2.44. The van der Waals surface area contributed by atoms with Gasteiger partial charge in [-0.2, -0.15) is 0 Å². The third-order valence-corrected chi connectivity index (χ3v) is 3.41. The Morgan fingerprint density at radius 1 is 1.23 bits per heavy atom. The van der Waals surface area contributed by atoms with E-state index < -0.39 is 17.3 Å². The van der Waals surface area contributed by atoms with Crippen LogP contribution in [0.25, 0.3) is 17.0 Å². The first kappa shape index (κ1) is 14.0. The fourth-order valence-electron chi connectivity index (χ4n) is 2.33. The largest absolute Gasteiger partial charge is 0.481 e. The van der Waals surface area contributed by atoms with E-state index in [4.69, 9.17) is 14.9 Å². The van der Waals surface area contributed by atoms with E-state index in [1.165, 1.54) is 6.07 Å². The number of carbonyl (C=O) groups excluding carboxylic acids is 1. The van der Waals surface area contributed by atoms with Gasteiger partial charge in [0.2, 0.25) is 0 Å². The molecule has 0 unspecified atom stereocenters. The van der Waals surface area contributed by atoms with E-state index in [1.54, 1.807) is 12.1 Å². The standard InChI is InChI=1S/C15H15N3O4/c1-15(2)11(17-18-14(16)20)7-9-10(22-15)5-3-8-4-6-12(19)21-13(8)9/h3-7,17H,1-2H3,(H3,16,18,20). The molecule has 0 saturated carbocycles. The zero-order valence-corrected chi connectivity index (χ0v) is 12.1. The lowest BCUT2D eigenvalue weighted by molar-refractivity contribution is 0.134. The summed E-state index contributed by atoms with van der Waals surface area (Å²) in [5, 5.41) is 0.778. The van der Waals surface area contributed by atoms with E-state index >= 15 is 0 Å². The number of hydrogen-bond donors (Lipinski definition) is 3. The van der Waals surface area contributed by atoms with Crippen molar-refractivity contribution >= 4 is 23.1 Å². The lowest BCUT2D eigenvalue weighted by atomic mass is 9.97. The van der Waals surface area contributed by atoms with Gasteiger partial charge < -0.3 is 14.9 Å². The van der Waals surface area contributed by atoms with Crippen LogP contribution in [-0.2, 0) is 0 Å². The van der Waals surface area contributed by atoms with Crippen molar-refractivity contribution in [2.75, 3.05) is 0 Å². The Morgan fingerprint density at radius 3 is 2.68 bits per heavy atom. The summed E-state index contributed by atoms with van der Waals surface area (Å²) in [6, 6.07) is 5.96. The van der Waals surface area contributed by atoms with Crippen LogP contribution in [0.5, 0.6) is 5.75 Å². The van der Waals surface area contributed by atoms with Crippen LogP contribution in [0.15, 0.2) is 39.2 Å². The van der Waals surface area contributed by atoms with Crippen LogP contribution in [0.1, 0.15) is 19.4 Å². The molecular weight excluding hydrogens is 286 g/mol. The Hall–Kier alpha value is -2.96. The third kappa shape index (κ3) is 2.37. The van der Waals surface area contributed by atoms with Crippen LogP contribution in [-0.4, -0.2) is 11.6 Å². The van der Waals surface area contributed by atoms with Crippen LogP contribution >= 0.6 is 0 Å². The maximum atomic E-state index is 11.5. The molecule has 2 aromatic rings. The number of urea groups is 1. The molecule has 0 aliphatic carbocycles. The molecule has 114 valence electrons. The minimum absolute atomic E-state index is 0.430.